The third-order valence-electron chi connectivity index (χ3n) is 6.22. The number of likely N-dealkylation sites (tertiary alicyclic amines) is 1. The Kier molecular flexibility index (Phi) is 6.14. The molecule has 2 aliphatic heterocycles. The first kappa shape index (κ1) is 21.3. The van der Waals surface area contributed by atoms with E-state index in [0.717, 1.165) is 12.0 Å². The molecule has 1 amide bonds. The Labute approximate surface area is 182 Å². The van der Waals surface area contributed by atoms with Crippen LogP contribution in [0.5, 0.6) is 0 Å². The van der Waals surface area contributed by atoms with Gasteiger partial charge < -0.3 is 4.90 Å². The van der Waals surface area contributed by atoms with E-state index in [1.807, 2.05) is 23.2 Å². The molecule has 2 fully saturated rings. The maximum atomic E-state index is 13.2. The highest BCUT2D eigenvalue weighted by molar-refractivity contribution is 7.89. The molecular weight excluding hydrogens is 422 g/mol. The second kappa shape index (κ2) is 8.65. The molecule has 2 atom stereocenters. The summed E-state index contributed by atoms with van der Waals surface area (Å²) in [6, 6.07) is 8.89. The highest BCUT2D eigenvalue weighted by atomic mass is 35.5. The van der Waals surface area contributed by atoms with Crippen molar-refractivity contribution >= 4 is 27.5 Å². The monoisotopic (exact) mass is 447 g/mol. The van der Waals surface area contributed by atoms with Gasteiger partial charge in [0.2, 0.25) is 15.9 Å². The lowest BCUT2D eigenvalue weighted by Crippen LogP contribution is -2.46. The Hall–Kier alpha value is -1.96. The Balaban J connectivity index is 1.46. The summed E-state index contributed by atoms with van der Waals surface area (Å²) in [5, 5.41) is 0.430. The molecule has 0 N–H and O–H groups in total. The standard InChI is InChI=1S/C22H26ClN3O3S/c1-16-20(23)7-2-8-21(16)30(28,29)26-11-4-6-19(15-26)22(27)25-12-9-18(14-25)17-5-3-10-24-13-17/h2-3,5,7-8,10,13,18-19H,4,6,9,11-12,14-15H2,1H3/t18?,19-/m0/s1. The number of hydrogen-bond acceptors (Lipinski definition) is 4. The molecular formula is C22H26ClN3O3S. The van der Waals surface area contributed by atoms with Crippen LogP contribution < -0.4 is 0 Å². The van der Waals surface area contributed by atoms with Crippen molar-refractivity contribution in [2.24, 2.45) is 5.92 Å². The maximum Gasteiger partial charge on any atom is 0.243 e. The van der Waals surface area contributed by atoms with E-state index in [9.17, 15) is 13.2 Å². The third kappa shape index (κ3) is 4.11. The van der Waals surface area contributed by atoms with Gasteiger partial charge in [-0.25, -0.2) is 8.42 Å². The van der Waals surface area contributed by atoms with Gasteiger partial charge in [-0.15, -0.1) is 0 Å². The first-order chi connectivity index (χ1) is 14.4. The van der Waals surface area contributed by atoms with Crippen molar-refractivity contribution < 1.29 is 13.2 Å². The molecule has 1 aromatic heterocycles. The molecule has 0 aliphatic carbocycles. The number of carbonyl (C=O) groups excluding carboxylic acids is 1. The van der Waals surface area contributed by atoms with E-state index < -0.39 is 10.0 Å². The summed E-state index contributed by atoms with van der Waals surface area (Å²) >= 11 is 6.14. The minimum absolute atomic E-state index is 0.0594. The van der Waals surface area contributed by atoms with Crippen LogP contribution in [0, 0.1) is 12.8 Å². The average molecular weight is 448 g/mol. The Morgan fingerprint density at radius 1 is 1.13 bits per heavy atom. The summed E-state index contributed by atoms with van der Waals surface area (Å²) in [5.41, 5.74) is 1.70. The highest BCUT2D eigenvalue weighted by Gasteiger charge is 2.37. The zero-order valence-corrected chi connectivity index (χ0v) is 18.6. The van der Waals surface area contributed by atoms with Crippen molar-refractivity contribution in [2.45, 2.75) is 37.0 Å². The predicted octanol–water partition coefficient (Wildman–Crippen LogP) is 3.46. The molecule has 1 aromatic carbocycles. The molecule has 4 rings (SSSR count). The molecule has 0 bridgehead atoms. The SMILES string of the molecule is Cc1c(Cl)cccc1S(=O)(=O)N1CCC[C@H](C(=O)N2CCC(c3cccnc3)C2)C1. The number of aromatic nitrogens is 1. The van der Waals surface area contributed by atoms with Gasteiger partial charge in [0.25, 0.3) is 0 Å². The van der Waals surface area contributed by atoms with Crippen molar-refractivity contribution in [1.82, 2.24) is 14.2 Å². The quantitative estimate of drug-likeness (QED) is 0.719. The van der Waals surface area contributed by atoms with Crippen LogP contribution >= 0.6 is 11.6 Å². The van der Waals surface area contributed by atoms with Gasteiger partial charge in [-0.1, -0.05) is 23.7 Å². The van der Waals surface area contributed by atoms with Crippen LogP contribution in [-0.4, -0.2) is 54.7 Å². The summed E-state index contributed by atoms with van der Waals surface area (Å²) in [5.74, 6) is 0.0463. The fourth-order valence-corrected chi connectivity index (χ4v) is 6.48. The molecule has 0 saturated carbocycles. The minimum atomic E-state index is -3.69. The number of carbonyl (C=O) groups is 1. The van der Waals surface area contributed by atoms with E-state index in [0.29, 0.717) is 49.0 Å². The summed E-state index contributed by atoms with van der Waals surface area (Å²) in [6.07, 6.45) is 5.91. The molecule has 6 nitrogen and oxygen atoms in total. The third-order valence-corrected chi connectivity index (χ3v) is 8.64. The fraction of sp³-hybridized carbons (Fsp3) is 0.455. The number of benzene rings is 1. The fourth-order valence-electron chi connectivity index (χ4n) is 4.48. The van der Waals surface area contributed by atoms with Crippen LogP contribution in [0.15, 0.2) is 47.6 Å². The second-order valence-corrected chi connectivity index (χ2v) is 10.4. The van der Waals surface area contributed by atoms with Gasteiger partial charge in [-0.05, 0) is 55.5 Å². The van der Waals surface area contributed by atoms with Gasteiger partial charge in [0.15, 0.2) is 0 Å². The van der Waals surface area contributed by atoms with E-state index >= 15 is 0 Å². The highest BCUT2D eigenvalue weighted by Crippen LogP contribution is 2.32. The smallest absolute Gasteiger partial charge is 0.243 e. The lowest BCUT2D eigenvalue weighted by atomic mass is 9.98. The van der Waals surface area contributed by atoms with Crippen molar-refractivity contribution in [1.29, 1.82) is 0 Å². The molecule has 0 radical (unpaired) electrons. The molecule has 2 aliphatic rings. The average Bonchev–Trinajstić information content (AvgIpc) is 3.26. The van der Waals surface area contributed by atoms with E-state index in [2.05, 4.69) is 4.98 Å². The molecule has 2 saturated heterocycles. The van der Waals surface area contributed by atoms with Crippen LogP contribution in [-0.2, 0) is 14.8 Å². The van der Waals surface area contributed by atoms with E-state index in [1.165, 1.54) is 4.31 Å². The number of pyridine rings is 1. The lowest BCUT2D eigenvalue weighted by molar-refractivity contribution is -0.135. The second-order valence-electron chi connectivity index (χ2n) is 8.12. The lowest BCUT2D eigenvalue weighted by Gasteiger charge is -2.33. The molecule has 1 unspecified atom stereocenters. The summed E-state index contributed by atoms with van der Waals surface area (Å²) in [7, 11) is -3.69. The minimum Gasteiger partial charge on any atom is -0.342 e. The molecule has 0 spiro atoms. The Morgan fingerprint density at radius 3 is 2.73 bits per heavy atom. The van der Waals surface area contributed by atoms with Gasteiger partial charge in [-0.3, -0.25) is 9.78 Å². The van der Waals surface area contributed by atoms with Crippen LogP contribution in [0.4, 0.5) is 0 Å². The Bertz CT molecular complexity index is 1030. The normalized spacial score (nSPS) is 22.9. The number of rotatable bonds is 4. The number of nitrogens with zero attached hydrogens (tertiary/aromatic N) is 3. The first-order valence-electron chi connectivity index (χ1n) is 10.3. The molecule has 8 heteroatoms. The van der Waals surface area contributed by atoms with E-state index in [1.54, 1.807) is 31.3 Å². The number of piperidine rings is 1. The number of sulfonamides is 1. The summed E-state index contributed by atoms with van der Waals surface area (Å²) in [6.45, 7) is 3.73. The van der Waals surface area contributed by atoms with Crippen LogP contribution in [0.25, 0.3) is 0 Å². The van der Waals surface area contributed by atoms with Gasteiger partial charge in [-0.2, -0.15) is 4.31 Å². The molecule has 2 aromatic rings. The zero-order valence-electron chi connectivity index (χ0n) is 17.0. The molecule has 160 valence electrons. The first-order valence-corrected chi connectivity index (χ1v) is 12.1. The van der Waals surface area contributed by atoms with Crippen molar-refractivity contribution in [2.75, 3.05) is 26.2 Å². The van der Waals surface area contributed by atoms with E-state index in [4.69, 9.17) is 11.6 Å². The van der Waals surface area contributed by atoms with Crippen molar-refractivity contribution in [3.05, 3.63) is 58.9 Å². The summed E-state index contributed by atoms with van der Waals surface area (Å²) < 4.78 is 27.9. The van der Waals surface area contributed by atoms with Gasteiger partial charge in [0.05, 0.1) is 10.8 Å². The number of hydrogen-bond donors (Lipinski definition) is 0. The van der Waals surface area contributed by atoms with Crippen LogP contribution in [0.1, 0.15) is 36.3 Å². The maximum absolute atomic E-state index is 13.2. The van der Waals surface area contributed by atoms with Crippen LogP contribution in [0.2, 0.25) is 5.02 Å². The Morgan fingerprint density at radius 2 is 1.97 bits per heavy atom. The zero-order chi connectivity index (χ0) is 21.3. The number of halogens is 1. The molecule has 30 heavy (non-hydrogen) atoms. The van der Waals surface area contributed by atoms with Crippen LogP contribution in [0.3, 0.4) is 0 Å². The van der Waals surface area contributed by atoms with Gasteiger partial charge >= 0.3 is 0 Å². The largest absolute Gasteiger partial charge is 0.342 e. The summed E-state index contributed by atoms with van der Waals surface area (Å²) in [4.78, 5) is 19.5. The van der Waals surface area contributed by atoms with Gasteiger partial charge in [0, 0.05) is 49.5 Å². The predicted molar refractivity (Wildman–Crippen MR) is 116 cm³/mol. The van der Waals surface area contributed by atoms with Crippen molar-refractivity contribution in [3.8, 4) is 0 Å². The topological polar surface area (TPSA) is 70.6 Å². The van der Waals surface area contributed by atoms with E-state index in [-0.39, 0.29) is 23.3 Å². The number of amides is 1. The van der Waals surface area contributed by atoms with Gasteiger partial charge in [0.1, 0.15) is 0 Å². The molecule has 3 heterocycles. The van der Waals surface area contributed by atoms with Crippen molar-refractivity contribution in [3.63, 3.8) is 0 Å².